The number of ether oxygens (including phenoxy) is 2. The molecule has 64 valence electrons. The Kier molecular flexibility index (Phi) is 1.50. The van der Waals surface area contributed by atoms with Crippen LogP contribution in [0.1, 0.15) is 26.7 Å². The van der Waals surface area contributed by atoms with Gasteiger partial charge in [-0.3, -0.25) is 0 Å². The third-order valence-electron chi connectivity index (χ3n) is 2.29. The van der Waals surface area contributed by atoms with Crippen LogP contribution in [0.4, 0.5) is 0 Å². The Bertz CT molecular complexity index is 151. The summed E-state index contributed by atoms with van der Waals surface area (Å²) in [6.45, 7) is 3.83. The number of aliphatic hydroxyl groups excluding tert-OH is 1. The molecule has 1 saturated heterocycles. The zero-order valence-electron chi connectivity index (χ0n) is 6.91. The second-order valence-electron chi connectivity index (χ2n) is 3.84. The first-order valence-electron chi connectivity index (χ1n) is 4.10. The molecule has 2 aliphatic rings. The van der Waals surface area contributed by atoms with Crippen LogP contribution in [0.3, 0.4) is 0 Å². The Balaban J connectivity index is 2.04. The average Bonchev–Trinajstić information content (AvgIpc) is 2.17. The van der Waals surface area contributed by atoms with Crippen LogP contribution >= 0.6 is 0 Å². The Morgan fingerprint density at radius 1 is 1.18 bits per heavy atom. The van der Waals surface area contributed by atoms with E-state index in [1.54, 1.807) is 0 Å². The van der Waals surface area contributed by atoms with Crippen molar-refractivity contribution in [2.45, 2.75) is 50.8 Å². The Labute approximate surface area is 66.3 Å². The van der Waals surface area contributed by atoms with Gasteiger partial charge in [0, 0.05) is 12.8 Å². The van der Waals surface area contributed by atoms with Crippen molar-refractivity contribution in [2.75, 3.05) is 0 Å². The van der Waals surface area contributed by atoms with E-state index in [1.807, 2.05) is 13.8 Å². The maximum absolute atomic E-state index is 9.25. The van der Waals surface area contributed by atoms with Crippen LogP contribution in [0.2, 0.25) is 0 Å². The van der Waals surface area contributed by atoms with Crippen LogP contribution < -0.4 is 0 Å². The second-order valence-corrected chi connectivity index (χ2v) is 3.84. The summed E-state index contributed by atoms with van der Waals surface area (Å²) in [6.07, 6.45) is 1.49. The van der Waals surface area contributed by atoms with Gasteiger partial charge in [0.1, 0.15) is 0 Å². The summed E-state index contributed by atoms with van der Waals surface area (Å²) >= 11 is 0. The van der Waals surface area contributed by atoms with E-state index in [-0.39, 0.29) is 18.3 Å². The average molecular weight is 158 g/mol. The zero-order chi connectivity index (χ0) is 8.06. The molecule has 1 N–H and O–H groups in total. The minimum absolute atomic E-state index is 0.125. The molecule has 1 heterocycles. The largest absolute Gasteiger partial charge is 0.393 e. The van der Waals surface area contributed by atoms with E-state index in [4.69, 9.17) is 9.47 Å². The molecule has 11 heavy (non-hydrogen) atoms. The molecule has 1 saturated carbocycles. The maximum Gasteiger partial charge on any atom is 0.163 e. The molecular formula is C8H14O3. The van der Waals surface area contributed by atoms with E-state index in [0.29, 0.717) is 0 Å². The first-order chi connectivity index (χ1) is 5.07. The molecule has 0 unspecified atom stereocenters. The highest BCUT2D eigenvalue weighted by molar-refractivity contribution is 4.91. The molecule has 0 spiro atoms. The van der Waals surface area contributed by atoms with Crippen LogP contribution in [-0.4, -0.2) is 29.2 Å². The van der Waals surface area contributed by atoms with E-state index in [1.165, 1.54) is 0 Å². The summed E-state index contributed by atoms with van der Waals surface area (Å²) in [7, 11) is 0. The van der Waals surface area contributed by atoms with Crippen molar-refractivity contribution >= 4 is 0 Å². The van der Waals surface area contributed by atoms with Crippen molar-refractivity contribution in [1.29, 1.82) is 0 Å². The fourth-order valence-corrected chi connectivity index (χ4v) is 1.94. The number of hydrogen-bond acceptors (Lipinski definition) is 3. The van der Waals surface area contributed by atoms with Gasteiger partial charge in [0.2, 0.25) is 0 Å². The van der Waals surface area contributed by atoms with Crippen molar-refractivity contribution in [2.24, 2.45) is 0 Å². The van der Waals surface area contributed by atoms with Crippen molar-refractivity contribution < 1.29 is 14.6 Å². The normalized spacial score (nSPS) is 47.7. The number of hydrogen-bond donors (Lipinski definition) is 1. The van der Waals surface area contributed by atoms with Gasteiger partial charge in [0.25, 0.3) is 0 Å². The Morgan fingerprint density at radius 2 is 1.64 bits per heavy atom. The molecule has 3 heteroatoms. The first-order valence-corrected chi connectivity index (χ1v) is 4.10. The highest BCUT2D eigenvalue weighted by Gasteiger charge is 2.46. The van der Waals surface area contributed by atoms with E-state index in [9.17, 15) is 5.11 Å². The van der Waals surface area contributed by atoms with E-state index in [2.05, 4.69) is 0 Å². The van der Waals surface area contributed by atoms with E-state index < -0.39 is 5.79 Å². The maximum atomic E-state index is 9.25. The van der Waals surface area contributed by atoms with Crippen molar-refractivity contribution in [3.8, 4) is 0 Å². The highest BCUT2D eigenvalue weighted by Crippen LogP contribution is 2.37. The summed E-state index contributed by atoms with van der Waals surface area (Å²) in [6, 6.07) is 0. The lowest BCUT2D eigenvalue weighted by Gasteiger charge is -2.18. The molecule has 1 aliphatic heterocycles. The highest BCUT2D eigenvalue weighted by atomic mass is 16.8. The van der Waals surface area contributed by atoms with Gasteiger partial charge in [-0.1, -0.05) is 0 Å². The van der Waals surface area contributed by atoms with Crippen molar-refractivity contribution in [3.05, 3.63) is 0 Å². The summed E-state index contributed by atoms with van der Waals surface area (Å²) in [4.78, 5) is 0. The van der Waals surface area contributed by atoms with Crippen molar-refractivity contribution in [1.82, 2.24) is 0 Å². The number of fused-ring (bicyclic) bond motifs is 1. The molecule has 0 aromatic heterocycles. The van der Waals surface area contributed by atoms with Crippen LogP contribution in [0.15, 0.2) is 0 Å². The summed E-state index contributed by atoms with van der Waals surface area (Å²) in [5.41, 5.74) is 0. The molecular weight excluding hydrogens is 144 g/mol. The molecule has 3 nitrogen and oxygen atoms in total. The molecule has 0 bridgehead atoms. The predicted molar refractivity (Wildman–Crippen MR) is 39.1 cm³/mol. The lowest BCUT2D eigenvalue weighted by molar-refractivity contribution is -0.156. The standard InChI is InChI=1S/C8H14O3/c1-8(2)10-6-3-5(9)4-7(6)11-8/h5-7,9H,3-4H2,1-2H3/t5-,6+,7-. The molecule has 2 rings (SSSR count). The lowest BCUT2D eigenvalue weighted by atomic mass is 10.3. The summed E-state index contributed by atoms with van der Waals surface area (Å²) in [5, 5.41) is 9.25. The third kappa shape index (κ3) is 1.28. The molecule has 0 aromatic rings. The monoisotopic (exact) mass is 158 g/mol. The minimum atomic E-state index is -0.435. The number of rotatable bonds is 0. The molecule has 3 atom stereocenters. The SMILES string of the molecule is CC1(C)O[C@H]2C[C@@H](O)C[C@H]2O1. The Morgan fingerprint density at radius 3 is 2.09 bits per heavy atom. The quantitative estimate of drug-likeness (QED) is 0.563. The fourth-order valence-electron chi connectivity index (χ4n) is 1.94. The van der Waals surface area contributed by atoms with E-state index >= 15 is 0 Å². The van der Waals surface area contributed by atoms with Crippen LogP contribution in [-0.2, 0) is 9.47 Å². The number of aliphatic hydroxyl groups is 1. The van der Waals surface area contributed by atoms with E-state index in [0.717, 1.165) is 12.8 Å². The van der Waals surface area contributed by atoms with Gasteiger partial charge < -0.3 is 14.6 Å². The second kappa shape index (κ2) is 2.19. The van der Waals surface area contributed by atoms with Gasteiger partial charge in [-0.25, -0.2) is 0 Å². The minimum Gasteiger partial charge on any atom is -0.393 e. The molecule has 1 aliphatic carbocycles. The van der Waals surface area contributed by atoms with Gasteiger partial charge >= 0.3 is 0 Å². The fraction of sp³-hybridized carbons (Fsp3) is 1.00. The smallest absolute Gasteiger partial charge is 0.163 e. The van der Waals surface area contributed by atoms with Gasteiger partial charge in [-0.15, -0.1) is 0 Å². The molecule has 0 amide bonds. The molecule has 2 fully saturated rings. The Hall–Kier alpha value is -0.120. The first kappa shape index (κ1) is 7.53. The predicted octanol–water partition coefficient (Wildman–Crippen LogP) is 0.661. The van der Waals surface area contributed by atoms with Gasteiger partial charge in [0.05, 0.1) is 18.3 Å². The topological polar surface area (TPSA) is 38.7 Å². The molecule has 0 aromatic carbocycles. The van der Waals surface area contributed by atoms with Crippen LogP contribution in [0, 0.1) is 0 Å². The van der Waals surface area contributed by atoms with Gasteiger partial charge in [-0.2, -0.15) is 0 Å². The lowest BCUT2D eigenvalue weighted by Crippen LogP contribution is -2.23. The molecule has 0 radical (unpaired) electrons. The van der Waals surface area contributed by atoms with Crippen LogP contribution in [0.25, 0.3) is 0 Å². The van der Waals surface area contributed by atoms with Crippen LogP contribution in [0.5, 0.6) is 0 Å². The van der Waals surface area contributed by atoms with Gasteiger partial charge in [-0.05, 0) is 13.8 Å². The summed E-state index contributed by atoms with van der Waals surface area (Å²) < 4.78 is 11.1. The van der Waals surface area contributed by atoms with Crippen molar-refractivity contribution in [3.63, 3.8) is 0 Å². The zero-order valence-corrected chi connectivity index (χ0v) is 6.91. The third-order valence-corrected chi connectivity index (χ3v) is 2.29. The van der Waals surface area contributed by atoms with Gasteiger partial charge in [0.15, 0.2) is 5.79 Å². The summed E-state index contributed by atoms with van der Waals surface area (Å²) in [5.74, 6) is -0.435.